The largest absolute Gasteiger partial charge is 0.387 e. The van der Waals surface area contributed by atoms with Crippen molar-refractivity contribution < 1.29 is 14.3 Å². The molecule has 1 aliphatic rings. The summed E-state index contributed by atoms with van der Waals surface area (Å²) in [5, 5.41) is 16.0. The zero-order chi connectivity index (χ0) is 22.0. The van der Waals surface area contributed by atoms with Crippen molar-refractivity contribution in [2.24, 2.45) is 5.92 Å². The lowest BCUT2D eigenvalue weighted by Crippen LogP contribution is -2.16. The molecule has 1 amide bonds. The van der Waals surface area contributed by atoms with E-state index in [2.05, 4.69) is 30.6 Å². The number of alkyl halides is 1. The second-order valence-corrected chi connectivity index (χ2v) is 7.51. The van der Waals surface area contributed by atoms with E-state index in [4.69, 9.17) is 0 Å². The van der Waals surface area contributed by atoms with Crippen LogP contribution in [0.2, 0.25) is 0 Å². The summed E-state index contributed by atoms with van der Waals surface area (Å²) in [6.07, 6.45) is 3.82. The van der Waals surface area contributed by atoms with Gasteiger partial charge in [0.15, 0.2) is 0 Å². The Morgan fingerprint density at radius 2 is 2.06 bits per heavy atom. The van der Waals surface area contributed by atoms with E-state index in [1.54, 1.807) is 24.5 Å². The zero-order valence-electron chi connectivity index (χ0n) is 17.2. The van der Waals surface area contributed by atoms with E-state index < -0.39 is 18.2 Å². The quantitative estimate of drug-likeness (QED) is 0.532. The number of hydrogen-bond acceptors (Lipinski definition) is 7. The number of nitrogens with one attached hydrogen (secondary N) is 2. The van der Waals surface area contributed by atoms with Crippen LogP contribution in [0, 0.1) is 12.8 Å². The second kappa shape index (κ2) is 8.73. The minimum Gasteiger partial charge on any atom is -0.387 e. The molecule has 0 spiro atoms. The average molecular weight is 422 g/mol. The van der Waals surface area contributed by atoms with Gasteiger partial charge in [-0.25, -0.2) is 14.4 Å². The van der Waals surface area contributed by atoms with E-state index in [-0.39, 0.29) is 12.3 Å². The Morgan fingerprint density at radius 3 is 2.77 bits per heavy atom. The molecule has 1 aliphatic carbocycles. The van der Waals surface area contributed by atoms with Crippen LogP contribution in [0.15, 0.2) is 43.0 Å². The Balaban J connectivity index is 1.58. The smallest absolute Gasteiger partial charge is 0.231 e. The lowest BCUT2D eigenvalue weighted by Gasteiger charge is -2.15. The number of aliphatic hydroxyl groups excluding tert-OH is 1. The van der Waals surface area contributed by atoms with Crippen LogP contribution < -0.4 is 10.6 Å². The fraction of sp³-hybridized carbons (Fsp3) is 0.318. The number of aromatic nitrogens is 4. The molecule has 0 aromatic carbocycles. The van der Waals surface area contributed by atoms with E-state index in [9.17, 15) is 14.3 Å². The van der Waals surface area contributed by atoms with Crippen LogP contribution in [-0.2, 0) is 4.79 Å². The van der Waals surface area contributed by atoms with E-state index in [0.717, 1.165) is 11.3 Å². The summed E-state index contributed by atoms with van der Waals surface area (Å²) >= 11 is 0. The number of amides is 1. The first-order valence-corrected chi connectivity index (χ1v) is 10.1. The first kappa shape index (κ1) is 20.8. The highest BCUT2D eigenvalue weighted by molar-refractivity contribution is 5.94. The van der Waals surface area contributed by atoms with Gasteiger partial charge in [-0.05, 0) is 43.5 Å². The minimum atomic E-state index is -1.07. The number of anilines is 3. The van der Waals surface area contributed by atoms with Crippen molar-refractivity contribution in [3.63, 3.8) is 0 Å². The molecule has 31 heavy (non-hydrogen) atoms. The molecular weight excluding hydrogens is 399 g/mol. The second-order valence-electron chi connectivity index (χ2n) is 7.51. The van der Waals surface area contributed by atoms with Crippen molar-refractivity contribution in [1.29, 1.82) is 0 Å². The maximum absolute atomic E-state index is 13.1. The van der Waals surface area contributed by atoms with Gasteiger partial charge in [0, 0.05) is 12.3 Å². The van der Waals surface area contributed by atoms with Crippen LogP contribution in [0.25, 0.3) is 11.4 Å². The van der Waals surface area contributed by atoms with E-state index in [0.29, 0.717) is 35.0 Å². The van der Waals surface area contributed by atoms with Crippen molar-refractivity contribution >= 4 is 23.1 Å². The van der Waals surface area contributed by atoms with Crippen LogP contribution in [0.3, 0.4) is 0 Å². The molecule has 9 heteroatoms. The highest BCUT2D eigenvalue weighted by Gasteiger charge is 2.43. The summed E-state index contributed by atoms with van der Waals surface area (Å²) < 4.78 is 13.1. The molecule has 3 aromatic heterocycles. The molecule has 0 unspecified atom stereocenters. The molecule has 1 saturated carbocycles. The van der Waals surface area contributed by atoms with Crippen molar-refractivity contribution in [2.75, 3.05) is 10.6 Å². The normalized spacial score (nSPS) is 18.3. The van der Waals surface area contributed by atoms with E-state index >= 15 is 0 Å². The van der Waals surface area contributed by atoms with Gasteiger partial charge in [-0.3, -0.25) is 14.8 Å². The molecule has 0 saturated heterocycles. The van der Waals surface area contributed by atoms with Crippen molar-refractivity contribution in [2.45, 2.75) is 39.0 Å². The summed E-state index contributed by atoms with van der Waals surface area (Å²) in [4.78, 5) is 29.1. The number of hydrogen-bond donors (Lipinski definition) is 3. The van der Waals surface area contributed by atoms with Crippen molar-refractivity contribution in [1.82, 2.24) is 19.9 Å². The Hall–Kier alpha value is -3.46. The number of aryl methyl sites for hydroxylation is 1. The first-order valence-electron chi connectivity index (χ1n) is 10.1. The maximum atomic E-state index is 13.1. The number of pyridine rings is 2. The summed E-state index contributed by atoms with van der Waals surface area (Å²) in [5.74, 6) is -0.691. The van der Waals surface area contributed by atoms with Gasteiger partial charge in [0.1, 0.15) is 24.0 Å². The SMILES string of the molecule is CC[C@@H](O)c1cc(C)c(Nc2cccnc2-c2cc(NC(=O)[C@H]3C[C@H]3F)ncn2)cn1. The molecular formula is C22H23FN6O2. The molecule has 8 nitrogen and oxygen atoms in total. The van der Waals surface area contributed by atoms with E-state index in [1.165, 1.54) is 6.33 Å². The topological polar surface area (TPSA) is 113 Å². The van der Waals surface area contributed by atoms with E-state index in [1.807, 2.05) is 26.0 Å². The molecule has 4 rings (SSSR count). The highest BCUT2D eigenvalue weighted by Crippen LogP contribution is 2.35. The van der Waals surface area contributed by atoms with Gasteiger partial charge in [0.05, 0.1) is 41.0 Å². The van der Waals surface area contributed by atoms with Crippen LogP contribution >= 0.6 is 0 Å². The number of halogens is 1. The van der Waals surface area contributed by atoms with Crippen LogP contribution in [0.5, 0.6) is 0 Å². The van der Waals surface area contributed by atoms with Crippen LogP contribution in [0.1, 0.15) is 37.1 Å². The van der Waals surface area contributed by atoms with Gasteiger partial charge < -0.3 is 15.7 Å². The fourth-order valence-electron chi connectivity index (χ4n) is 3.16. The molecule has 160 valence electrons. The number of aliphatic hydroxyl groups is 1. The summed E-state index contributed by atoms with van der Waals surface area (Å²) in [7, 11) is 0. The molecule has 0 radical (unpaired) electrons. The Bertz CT molecular complexity index is 1110. The molecule has 0 bridgehead atoms. The third kappa shape index (κ3) is 4.66. The Morgan fingerprint density at radius 1 is 1.26 bits per heavy atom. The monoisotopic (exact) mass is 422 g/mol. The standard InChI is InChI=1S/C22H23FN6O2/c1-3-19(30)16-7-12(2)18(10-25-16)28-15-5-4-6-24-21(15)17-9-20(27-11-26-17)29-22(31)13-8-14(13)23/h4-7,9-11,13-14,19,28,30H,3,8H2,1-2H3,(H,26,27,29,31)/t13-,14+,19+/m0/s1. The molecule has 1 fully saturated rings. The average Bonchev–Trinajstić information content (AvgIpc) is 3.52. The van der Waals surface area contributed by atoms with Gasteiger partial charge in [0.25, 0.3) is 0 Å². The number of carbonyl (C=O) groups excluding carboxylic acids is 1. The van der Waals surface area contributed by atoms with Crippen LogP contribution in [0.4, 0.5) is 21.6 Å². The highest BCUT2D eigenvalue weighted by atomic mass is 19.1. The summed E-state index contributed by atoms with van der Waals surface area (Å²) in [6, 6.07) is 7.10. The van der Waals surface area contributed by atoms with Crippen molar-refractivity contribution in [3.05, 3.63) is 54.2 Å². The molecule has 3 heterocycles. The number of rotatable bonds is 7. The minimum absolute atomic E-state index is 0.250. The van der Waals surface area contributed by atoms with Gasteiger partial charge in [-0.2, -0.15) is 0 Å². The first-order chi connectivity index (χ1) is 15.0. The Kier molecular flexibility index (Phi) is 5.85. The zero-order valence-corrected chi connectivity index (χ0v) is 17.2. The van der Waals surface area contributed by atoms with Gasteiger partial charge in [-0.15, -0.1) is 0 Å². The molecule has 3 N–H and O–H groups in total. The fourth-order valence-corrected chi connectivity index (χ4v) is 3.16. The number of carbonyl (C=O) groups is 1. The molecule has 3 atom stereocenters. The lowest BCUT2D eigenvalue weighted by atomic mass is 10.1. The third-order valence-electron chi connectivity index (χ3n) is 5.15. The predicted molar refractivity (Wildman–Crippen MR) is 114 cm³/mol. The number of nitrogens with zero attached hydrogens (tertiary/aromatic N) is 4. The van der Waals surface area contributed by atoms with Crippen LogP contribution in [-0.4, -0.2) is 37.1 Å². The van der Waals surface area contributed by atoms with Crippen molar-refractivity contribution in [3.8, 4) is 11.4 Å². The van der Waals surface area contributed by atoms with Gasteiger partial charge >= 0.3 is 0 Å². The maximum Gasteiger partial charge on any atom is 0.231 e. The van der Waals surface area contributed by atoms with Gasteiger partial charge in [-0.1, -0.05) is 6.92 Å². The lowest BCUT2D eigenvalue weighted by molar-refractivity contribution is -0.117. The summed E-state index contributed by atoms with van der Waals surface area (Å²) in [5.41, 5.74) is 4.08. The molecule has 0 aliphatic heterocycles. The third-order valence-corrected chi connectivity index (χ3v) is 5.15. The Labute approximate surface area is 179 Å². The predicted octanol–water partition coefficient (Wildman–Crippen LogP) is 3.73. The van der Waals surface area contributed by atoms with Gasteiger partial charge in [0.2, 0.25) is 5.91 Å². The summed E-state index contributed by atoms with van der Waals surface area (Å²) in [6.45, 7) is 3.83. The molecule has 3 aromatic rings.